The second-order valence-corrected chi connectivity index (χ2v) is 5.22. The molecule has 0 bridgehead atoms. The molecule has 0 saturated heterocycles. The summed E-state index contributed by atoms with van der Waals surface area (Å²) in [5.74, 6) is 0.118. The Bertz CT molecular complexity index is 428. The molecule has 94 valence electrons. The van der Waals surface area contributed by atoms with Crippen LogP contribution in [0.3, 0.4) is 0 Å². The van der Waals surface area contributed by atoms with Gasteiger partial charge in [-0.2, -0.15) is 0 Å². The van der Waals surface area contributed by atoms with Crippen LogP contribution in [-0.4, -0.2) is 30.3 Å². The molecule has 2 nitrogen and oxygen atoms in total. The number of likely N-dealkylation sites (N-methyl/N-ethyl adjacent to an activating group) is 1. The van der Waals surface area contributed by atoms with E-state index in [9.17, 15) is 4.79 Å². The van der Waals surface area contributed by atoms with E-state index in [1.165, 1.54) is 0 Å². The number of rotatable bonds is 4. The van der Waals surface area contributed by atoms with E-state index in [0.29, 0.717) is 10.6 Å². The molecule has 0 saturated carbocycles. The van der Waals surface area contributed by atoms with Gasteiger partial charge in [-0.3, -0.25) is 9.69 Å². The number of hydrogen-bond acceptors (Lipinski definition) is 2. The molecule has 0 N–H and O–H groups in total. The molecule has 0 aliphatic heterocycles. The topological polar surface area (TPSA) is 20.3 Å². The molecule has 1 aromatic rings. The molecule has 0 heterocycles. The van der Waals surface area contributed by atoms with Gasteiger partial charge in [0.25, 0.3) is 0 Å². The van der Waals surface area contributed by atoms with E-state index in [4.69, 9.17) is 11.6 Å². The first kappa shape index (κ1) is 14.2. The quantitative estimate of drug-likeness (QED) is 0.765. The summed E-state index contributed by atoms with van der Waals surface area (Å²) in [7, 11) is 3.86. The predicted molar refractivity (Wildman–Crippen MR) is 72.9 cm³/mol. The van der Waals surface area contributed by atoms with Crippen LogP contribution in [-0.2, 0) is 0 Å². The fourth-order valence-electron chi connectivity index (χ4n) is 1.72. The van der Waals surface area contributed by atoms with Gasteiger partial charge < -0.3 is 0 Å². The number of carbonyl (C=O) groups excluding carboxylic acids is 1. The summed E-state index contributed by atoms with van der Waals surface area (Å²) >= 11 is 6.06. The zero-order valence-corrected chi connectivity index (χ0v) is 11.9. The summed E-state index contributed by atoms with van der Waals surface area (Å²) in [6.07, 6.45) is 0.768. The van der Waals surface area contributed by atoms with E-state index < -0.39 is 5.54 Å². The van der Waals surface area contributed by atoms with Gasteiger partial charge in [0.2, 0.25) is 0 Å². The fraction of sp³-hybridized carbons (Fsp3) is 0.500. The van der Waals surface area contributed by atoms with Crippen LogP contribution in [0.5, 0.6) is 0 Å². The average Bonchev–Trinajstić information content (AvgIpc) is 2.30. The van der Waals surface area contributed by atoms with Crippen LogP contribution >= 0.6 is 11.6 Å². The molecule has 0 amide bonds. The van der Waals surface area contributed by atoms with Crippen molar-refractivity contribution in [3.63, 3.8) is 0 Å². The Labute approximate surface area is 109 Å². The molecule has 0 aromatic heterocycles. The van der Waals surface area contributed by atoms with Gasteiger partial charge in [0.05, 0.1) is 5.54 Å². The molecule has 0 spiro atoms. The van der Waals surface area contributed by atoms with Crippen molar-refractivity contribution in [1.29, 1.82) is 0 Å². The maximum atomic E-state index is 12.5. The van der Waals surface area contributed by atoms with Crippen LogP contribution in [0.25, 0.3) is 0 Å². The third kappa shape index (κ3) is 2.70. The van der Waals surface area contributed by atoms with Gasteiger partial charge in [0.15, 0.2) is 5.78 Å². The Morgan fingerprint density at radius 2 is 2.00 bits per heavy atom. The lowest BCUT2D eigenvalue weighted by atomic mass is 9.87. The first-order valence-electron chi connectivity index (χ1n) is 5.81. The van der Waals surface area contributed by atoms with Crippen molar-refractivity contribution in [2.24, 2.45) is 0 Å². The molecule has 3 heteroatoms. The summed E-state index contributed by atoms with van der Waals surface area (Å²) in [5.41, 5.74) is 1.20. The Morgan fingerprint density at radius 3 is 2.41 bits per heavy atom. The number of hydrogen-bond donors (Lipinski definition) is 0. The van der Waals surface area contributed by atoms with Crippen LogP contribution in [0.1, 0.15) is 36.2 Å². The van der Waals surface area contributed by atoms with E-state index in [1.807, 2.05) is 51.9 Å². The Hall–Kier alpha value is -0.860. The Balaban J connectivity index is 3.15. The average molecular weight is 254 g/mol. The molecule has 0 fully saturated rings. The van der Waals surface area contributed by atoms with E-state index in [-0.39, 0.29) is 5.78 Å². The third-order valence-electron chi connectivity index (χ3n) is 3.60. The Morgan fingerprint density at radius 1 is 1.41 bits per heavy atom. The number of benzene rings is 1. The SMILES string of the molecule is CCC(C)(C(=O)c1ccc(C)c(Cl)c1)N(C)C. The second kappa shape index (κ2) is 5.19. The van der Waals surface area contributed by atoms with E-state index in [2.05, 4.69) is 0 Å². The first-order chi connectivity index (χ1) is 7.82. The number of Topliss-reactive ketones (excluding diaryl/α,β-unsaturated/α-hetero) is 1. The number of carbonyl (C=O) groups is 1. The predicted octanol–water partition coefficient (Wildman–Crippen LogP) is 3.56. The number of ketones is 1. The number of nitrogens with zero attached hydrogens (tertiary/aromatic N) is 1. The smallest absolute Gasteiger partial charge is 0.182 e. The largest absolute Gasteiger partial charge is 0.297 e. The number of halogens is 1. The van der Waals surface area contributed by atoms with E-state index >= 15 is 0 Å². The van der Waals surface area contributed by atoms with Gasteiger partial charge in [-0.15, -0.1) is 0 Å². The second-order valence-electron chi connectivity index (χ2n) is 4.81. The molecule has 17 heavy (non-hydrogen) atoms. The lowest BCUT2D eigenvalue weighted by Gasteiger charge is -2.34. The monoisotopic (exact) mass is 253 g/mol. The molecular formula is C14H20ClNO. The minimum absolute atomic E-state index is 0.118. The molecule has 1 aromatic carbocycles. The Kier molecular flexibility index (Phi) is 4.34. The lowest BCUT2D eigenvalue weighted by Crippen LogP contribution is -2.48. The normalized spacial score (nSPS) is 14.8. The van der Waals surface area contributed by atoms with Crippen LogP contribution in [0.2, 0.25) is 5.02 Å². The molecule has 0 radical (unpaired) electrons. The minimum Gasteiger partial charge on any atom is -0.297 e. The van der Waals surface area contributed by atoms with Gasteiger partial charge in [0.1, 0.15) is 0 Å². The maximum Gasteiger partial charge on any atom is 0.182 e. The lowest BCUT2D eigenvalue weighted by molar-refractivity contribution is 0.0710. The van der Waals surface area contributed by atoms with Crippen molar-refractivity contribution >= 4 is 17.4 Å². The molecule has 1 rings (SSSR count). The van der Waals surface area contributed by atoms with Gasteiger partial charge in [-0.1, -0.05) is 30.7 Å². The van der Waals surface area contributed by atoms with Crippen molar-refractivity contribution in [3.8, 4) is 0 Å². The minimum atomic E-state index is -0.474. The van der Waals surface area contributed by atoms with Crippen LogP contribution in [0, 0.1) is 6.92 Å². The molecule has 1 unspecified atom stereocenters. The fourth-order valence-corrected chi connectivity index (χ4v) is 1.91. The maximum absolute atomic E-state index is 12.5. The summed E-state index contributed by atoms with van der Waals surface area (Å²) in [5, 5.41) is 0.646. The summed E-state index contributed by atoms with van der Waals surface area (Å²) in [6.45, 7) is 5.92. The van der Waals surface area contributed by atoms with Crippen molar-refractivity contribution < 1.29 is 4.79 Å². The molecule has 1 atom stereocenters. The summed E-state index contributed by atoms with van der Waals surface area (Å²) in [6, 6.07) is 5.50. The van der Waals surface area contributed by atoms with Gasteiger partial charge in [-0.25, -0.2) is 0 Å². The van der Waals surface area contributed by atoms with Gasteiger partial charge in [0, 0.05) is 10.6 Å². The van der Waals surface area contributed by atoms with Crippen LogP contribution in [0.15, 0.2) is 18.2 Å². The van der Waals surface area contributed by atoms with E-state index in [0.717, 1.165) is 12.0 Å². The highest BCUT2D eigenvalue weighted by molar-refractivity contribution is 6.31. The van der Waals surface area contributed by atoms with Gasteiger partial charge in [-0.05, 0) is 46.0 Å². The molecule has 0 aliphatic rings. The highest BCUT2D eigenvalue weighted by Gasteiger charge is 2.34. The van der Waals surface area contributed by atoms with Crippen molar-refractivity contribution in [2.75, 3.05) is 14.1 Å². The highest BCUT2D eigenvalue weighted by Crippen LogP contribution is 2.25. The zero-order valence-electron chi connectivity index (χ0n) is 11.2. The highest BCUT2D eigenvalue weighted by atomic mass is 35.5. The van der Waals surface area contributed by atoms with Crippen molar-refractivity contribution in [1.82, 2.24) is 4.90 Å². The standard InChI is InChI=1S/C14H20ClNO/c1-6-14(3,16(4)5)13(17)11-8-7-10(2)12(15)9-11/h7-9H,6H2,1-5H3. The molecular weight excluding hydrogens is 234 g/mol. The van der Waals surface area contributed by atoms with Crippen LogP contribution < -0.4 is 0 Å². The number of aryl methyl sites for hydroxylation is 1. The van der Waals surface area contributed by atoms with Crippen molar-refractivity contribution in [2.45, 2.75) is 32.7 Å². The zero-order chi connectivity index (χ0) is 13.2. The first-order valence-corrected chi connectivity index (χ1v) is 6.19. The molecule has 0 aliphatic carbocycles. The summed E-state index contributed by atoms with van der Waals surface area (Å²) < 4.78 is 0. The van der Waals surface area contributed by atoms with Crippen LogP contribution in [0.4, 0.5) is 0 Å². The third-order valence-corrected chi connectivity index (χ3v) is 4.01. The van der Waals surface area contributed by atoms with E-state index in [1.54, 1.807) is 6.07 Å². The van der Waals surface area contributed by atoms with Gasteiger partial charge >= 0.3 is 0 Å². The summed E-state index contributed by atoms with van der Waals surface area (Å²) in [4.78, 5) is 14.5. The van der Waals surface area contributed by atoms with Crippen molar-refractivity contribution in [3.05, 3.63) is 34.3 Å².